The Kier molecular flexibility index (Phi) is 50.7. The van der Waals surface area contributed by atoms with Crippen molar-refractivity contribution in [2.75, 3.05) is 0 Å². The first-order chi connectivity index (χ1) is 6.01. The second-order valence-electron chi connectivity index (χ2n) is 1.74. The largest absolute Gasteiger partial charge is 0.527 e. The summed E-state index contributed by atoms with van der Waals surface area (Å²) < 4.78 is 26.2. The fourth-order valence-corrected chi connectivity index (χ4v) is 0.872. The van der Waals surface area contributed by atoms with Crippen LogP contribution in [0.4, 0.5) is 0 Å². The van der Waals surface area contributed by atoms with Crippen molar-refractivity contribution in [3.63, 3.8) is 0 Å². The van der Waals surface area contributed by atoms with Gasteiger partial charge in [0.05, 0.1) is 0 Å². The third kappa shape index (κ3) is 32.6. The smallest absolute Gasteiger partial charge is 0.362 e. The van der Waals surface area contributed by atoms with Crippen molar-refractivity contribution >= 4 is 27.6 Å². The summed E-state index contributed by atoms with van der Waals surface area (Å²) in [5.41, 5.74) is 0. The van der Waals surface area contributed by atoms with Crippen LogP contribution in [0.1, 0.15) is 0 Å². The van der Waals surface area contributed by atoms with E-state index >= 15 is 0 Å². The molecule has 0 bridgehead atoms. The molecule has 0 unspecified atom stereocenters. The van der Waals surface area contributed by atoms with Crippen LogP contribution in [0, 0.1) is 232 Å². The Morgan fingerprint density at radius 1 is 0.700 bits per heavy atom. The molecule has 0 aromatic carbocycles. The van der Waals surface area contributed by atoms with Gasteiger partial charge >= 0.3 is 27.6 Å². The number of carbonyl (C=O) groups is 2. The zero-order chi connectivity index (χ0) is 11.6. The molecule has 0 atom stereocenters. The first-order valence-electron chi connectivity index (χ1n) is 2.60. The first kappa shape index (κ1) is 45.6. The maximum absolute atomic E-state index is 10.3. The minimum atomic E-state index is -5.24. The van der Waals surface area contributed by atoms with Crippen molar-refractivity contribution in [2.24, 2.45) is 0 Å². The Bertz CT molecular complexity index is 323. The average molecular weight is 1130 g/mol. The third-order valence-electron chi connectivity index (χ3n) is 0.570. The van der Waals surface area contributed by atoms with E-state index in [1.165, 1.54) is 0 Å². The van der Waals surface area contributed by atoms with Crippen LogP contribution in [0.2, 0.25) is 0 Å². The van der Waals surface area contributed by atoms with Gasteiger partial charge in [-0.05, 0) is 0 Å². The molecule has 0 aliphatic carbocycles. The van der Waals surface area contributed by atoms with Crippen LogP contribution < -0.4 is 0 Å². The molecular weight excluding hydrogens is 1120 g/mol. The molecular formula is C2H4Ce2La2O10P2Tb2. The van der Waals surface area contributed by atoms with Crippen molar-refractivity contribution in [3.05, 3.63) is 0 Å². The van der Waals surface area contributed by atoms with Gasteiger partial charge in [0.15, 0.2) is 0 Å². The van der Waals surface area contributed by atoms with Gasteiger partial charge in [0.2, 0.25) is 0 Å². The van der Waals surface area contributed by atoms with Gasteiger partial charge in [-0.1, -0.05) is 0 Å². The van der Waals surface area contributed by atoms with Crippen molar-refractivity contribution in [3.8, 4) is 0 Å². The number of phosphoric ester groups is 2. The standard InChI is InChI=1S/C2H4O10P2.2Ce.2La.2Tb/c3-1(11-13(5,6)7)2(4)12-14(8,9)10;;;;;;/h(H2,5,6,7)(H2,8,9,10);;;;;;. The topological polar surface area (TPSA) is 168 Å². The van der Waals surface area contributed by atoms with E-state index in [0.717, 1.165) is 0 Å². The quantitative estimate of drug-likeness (QED) is 0.184. The molecule has 0 amide bonds. The fraction of sp³-hybridized carbons (Fsp3) is 0. The summed E-state index contributed by atoms with van der Waals surface area (Å²) in [4.78, 5) is 52.6. The summed E-state index contributed by atoms with van der Waals surface area (Å²) in [5, 5.41) is 0. The molecule has 0 aliphatic rings. The van der Waals surface area contributed by atoms with Gasteiger partial charge in [0, 0.05) is 232 Å². The van der Waals surface area contributed by atoms with E-state index in [9.17, 15) is 18.7 Å². The Hall–Kier alpha value is 6.95. The molecule has 4 radical (unpaired) electrons. The average Bonchev–Trinajstić information content (AvgIpc) is 1.78. The number of hydrogen-bond acceptors (Lipinski definition) is 6. The van der Waals surface area contributed by atoms with Gasteiger partial charge in [0.25, 0.3) is 0 Å². The summed E-state index contributed by atoms with van der Waals surface area (Å²) in [6, 6.07) is 0. The maximum Gasteiger partial charge on any atom is 0.527 e. The molecule has 114 valence electrons. The van der Waals surface area contributed by atoms with Crippen LogP contribution in [-0.4, -0.2) is 31.5 Å². The van der Waals surface area contributed by atoms with Gasteiger partial charge in [-0.3, -0.25) is 19.6 Å². The monoisotopic (exact) mass is 1130 g/mol. The van der Waals surface area contributed by atoms with E-state index in [0.29, 0.717) is 0 Å². The second kappa shape index (κ2) is 22.2. The van der Waals surface area contributed by atoms with Gasteiger partial charge in [0.1, 0.15) is 0 Å². The van der Waals surface area contributed by atoms with Crippen molar-refractivity contribution < 1.29 is 279 Å². The summed E-state index contributed by atoms with van der Waals surface area (Å²) in [6.45, 7) is 0. The van der Waals surface area contributed by atoms with E-state index in [4.69, 9.17) is 19.6 Å². The Morgan fingerprint density at radius 3 is 0.950 bits per heavy atom. The molecule has 0 heterocycles. The van der Waals surface area contributed by atoms with Gasteiger partial charge < -0.3 is 9.05 Å². The molecule has 0 saturated carbocycles. The molecule has 20 heavy (non-hydrogen) atoms. The molecule has 0 spiro atoms. The van der Waals surface area contributed by atoms with E-state index in [-0.39, 0.29) is 232 Å². The first-order valence-corrected chi connectivity index (χ1v) is 5.66. The SMILES string of the molecule is O=C(OP(=O)(O)O)C(=O)OP(=O)(O)O.[Ce].[Ce].[La].[La].[Tb].[Tb]. The van der Waals surface area contributed by atoms with Crippen molar-refractivity contribution in [2.45, 2.75) is 0 Å². The normalized spacial score (nSPS) is 8.40. The second-order valence-corrected chi connectivity index (χ2v) is 4.07. The Balaban J connectivity index is -0.0000000563. The van der Waals surface area contributed by atoms with Crippen LogP contribution in [-0.2, 0) is 27.8 Å². The summed E-state index contributed by atoms with van der Waals surface area (Å²) in [5.74, 6) is -4.41. The molecule has 4 N–H and O–H groups in total. The fourth-order valence-electron chi connectivity index (χ4n) is 0.291. The molecule has 0 aliphatic heterocycles. The van der Waals surface area contributed by atoms with Crippen LogP contribution >= 0.6 is 15.6 Å². The van der Waals surface area contributed by atoms with E-state index in [1.54, 1.807) is 0 Å². The molecule has 0 fully saturated rings. The Labute approximate surface area is 298 Å². The molecule has 0 saturated heterocycles. The number of phosphoric acid groups is 2. The van der Waals surface area contributed by atoms with Gasteiger partial charge in [-0.2, -0.15) is 0 Å². The number of carbonyl (C=O) groups excluding carboxylic acids is 2. The zero-order valence-electron chi connectivity index (χ0n) is 8.95. The predicted molar refractivity (Wildman–Crippen MR) is 36.3 cm³/mol. The van der Waals surface area contributed by atoms with Crippen LogP contribution in [0.5, 0.6) is 0 Å². The summed E-state index contributed by atoms with van der Waals surface area (Å²) in [6.07, 6.45) is 0. The van der Waals surface area contributed by atoms with Gasteiger partial charge in [-0.15, -0.1) is 0 Å². The number of rotatable bonds is 2. The van der Waals surface area contributed by atoms with E-state index in [1.807, 2.05) is 0 Å². The zero-order valence-corrected chi connectivity index (χ0v) is 28.6. The molecule has 0 rings (SSSR count). The summed E-state index contributed by atoms with van der Waals surface area (Å²) in [7, 11) is -10.5. The molecule has 10 nitrogen and oxygen atoms in total. The van der Waals surface area contributed by atoms with Crippen LogP contribution in [0.3, 0.4) is 0 Å². The predicted octanol–water partition coefficient (Wildman–Crippen LogP) is -1.74. The maximum atomic E-state index is 10.3. The minimum absolute atomic E-state index is 0. The van der Waals surface area contributed by atoms with Gasteiger partial charge in [-0.25, -0.2) is 18.7 Å². The van der Waals surface area contributed by atoms with Crippen molar-refractivity contribution in [1.29, 1.82) is 0 Å². The molecule has 0 aromatic rings. The van der Waals surface area contributed by atoms with Crippen LogP contribution in [0.15, 0.2) is 0 Å². The van der Waals surface area contributed by atoms with E-state index in [2.05, 4.69) is 9.05 Å². The third-order valence-corrected chi connectivity index (χ3v) is 1.38. The number of hydrogen-bond donors (Lipinski definition) is 4. The summed E-state index contributed by atoms with van der Waals surface area (Å²) >= 11 is 0. The molecule has 18 heteroatoms. The van der Waals surface area contributed by atoms with Crippen LogP contribution in [0.25, 0.3) is 0 Å². The van der Waals surface area contributed by atoms with E-state index < -0.39 is 27.6 Å². The minimum Gasteiger partial charge on any atom is -0.362 e. The van der Waals surface area contributed by atoms with Crippen molar-refractivity contribution in [1.82, 2.24) is 0 Å². The molecule has 0 aromatic heterocycles. The Morgan fingerprint density at radius 2 is 0.850 bits per heavy atom.